The van der Waals surface area contributed by atoms with Gasteiger partial charge in [-0.25, -0.2) is 12.8 Å². The largest absolute Gasteiger partial charge is 0.480 e. The third-order valence-electron chi connectivity index (χ3n) is 2.71. The van der Waals surface area contributed by atoms with Gasteiger partial charge in [-0.1, -0.05) is 6.07 Å². The summed E-state index contributed by atoms with van der Waals surface area (Å²) in [5.74, 6) is -2.06. The monoisotopic (exact) mass is 244 g/mol. The first-order valence-electron chi connectivity index (χ1n) is 4.64. The van der Waals surface area contributed by atoms with Crippen LogP contribution in [0.5, 0.6) is 0 Å². The maximum atomic E-state index is 12.9. The fourth-order valence-corrected chi connectivity index (χ4v) is 3.42. The second-order valence-corrected chi connectivity index (χ2v) is 6.02. The van der Waals surface area contributed by atoms with Crippen molar-refractivity contribution < 1.29 is 22.7 Å². The zero-order valence-corrected chi connectivity index (χ0v) is 9.00. The first-order chi connectivity index (χ1) is 7.40. The molecule has 16 heavy (non-hydrogen) atoms. The molecule has 0 aliphatic heterocycles. The van der Waals surface area contributed by atoms with Crippen molar-refractivity contribution in [1.82, 2.24) is 0 Å². The number of sulfone groups is 1. The van der Waals surface area contributed by atoms with Crippen molar-refractivity contribution in [2.24, 2.45) is 0 Å². The molecule has 1 aliphatic carbocycles. The van der Waals surface area contributed by atoms with Crippen molar-refractivity contribution >= 4 is 15.8 Å². The van der Waals surface area contributed by atoms with E-state index in [0.29, 0.717) is 0 Å². The van der Waals surface area contributed by atoms with Crippen LogP contribution in [0.25, 0.3) is 0 Å². The summed E-state index contributed by atoms with van der Waals surface area (Å²) in [6.45, 7) is 0. The average molecular weight is 244 g/mol. The fraction of sp³-hybridized carbons (Fsp3) is 0.300. The van der Waals surface area contributed by atoms with Crippen molar-refractivity contribution in [3.63, 3.8) is 0 Å². The van der Waals surface area contributed by atoms with E-state index in [1.165, 1.54) is 12.1 Å². The van der Waals surface area contributed by atoms with Crippen LogP contribution in [-0.2, 0) is 14.6 Å². The van der Waals surface area contributed by atoms with Gasteiger partial charge in [0.25, 0.3) is 0 Å². The van der Waals surface area contributed by atoms with Gasteiger partial charge in [-0.2, -0.15) is 0 Å². The maximum Gasteiger partial charge on any atom is 0.325 e. The molecule has 1 aromatic rings. The van der Waals surface area contributed by atoms with E-state index in [0.717, 1.165) is 12.1 Å². The summed E-state index contributed by atoms with van der Waals surface area (Å²) in [6.07, 6.45) is 0.169. The minimum atomic E-state index is -3.99. The average Bonchev–Trinajstić information content (AvgIpc) is 2.98. The zero-order valence-electron chi connectivity index (χ0n) is 8.18. The number of hydrogen-bond donors (Lipinski definition) is 1. The van der Waals surface area contributed by atoms with Crippen LogP contribution in [0.4, 0.5) is 4.39 Å². The highest BCUT2D eigenvalue weighted by molar-refractivity contribution is 7.94. The molecule has 1 fully saturated rings. The summed E-state index contributed by atoms with van der Waals surface area (Å²) in [6, 6.07) is 4.42. The number of carboxylic acids is 1. The Morgan fingerprint density at radius 1 is 1.38 bits per heavy atom. The van der Waals surface area contributed by atoms with E-state index in [-0.39, 0.29) is 17.7 Å². The number of benzene rings is 1. The third-order valence-corrected chi connectivity index (χ3v) is 5.20. The lowest BCUT2D eigenvalue weighted by atomic mass is 10.3. The molecule has 4 nitrogen and oxygen atoms in total. The second-order valence-electron chi connectivity index (χ2n) is 3.76. The van der Waals surface area contributed by atoms with Crippen LogP contribution in [0.15, 0.2) is 29.2 Å². The molecule has 0 bridgehead atoms. The van der Waals surface area contributed by atoms with Crippen molar-refractivity contribution in [3.8, 4) is 0 Å². The molecule has 0 spiro atoms. The number of hydrogen-bond acceptors (Lipinski definition) is 3. The first-order valence-corrected chi connectivity index (χ1v) is 6.12. The minimum absolute atomic E-state index is 0.0845. The van der Waals surface area contributed by atoms with Gasteiger partial charge in [-0.15, -0.1) is 0 Å². The molecule has 0 amide bonds. The Bertz CT molecular complexity index is 546. The second kappa shape index (κ2) is 3.28. The quantitative estimate of drug-likeness (QED) is 0.867. The number of carboxylic acid groups (broad SMARTS) is 1. The molecule has 1 saturated carbocycles. The summed E-state index contributed by atoms with van der Waals surface area (Å²) in [4.78, 5) is 10.6. The molecule has 86 valence electrons. The molecule has 0 heterocycles. The van der Waals surface area contributed by atoms with E-state index in [9.17, 15) is 17.6 Å². The van der Waals surface area contributed by atoms with E-state index in [2.05, 4.69) is 0 Å². The highest BCUT2D eigenvalue weighted by Gasteiger charge is 2.61. The van der Waals surface area contributed by atoms with Crippen LogP contribution in [-0.4, -0.2) is 24.2 Å². The van der Waals surface area contributed by atoms with Crippen molar-refractivity contribution in [2.75, 3.05) is 0 Å². The Morgan fingerprint density at radius 2 is 2.00 bits per heavy atom. The van der Waals surface area contributed by atoms with E-state index < -0.39 is 26.4 Å². The first kappa shape index (κ1) is 11.1. The summed E-state index contributed by atoms with van der Waals surface area (Å²) in [7, 11) is -3.99. The molecule has 1 N–H and O–H groups in total. The standard InChI is InChI=1S/C10H9FO4S/c11-7-2-1-3-8(6-7)16(14,15)10(4-5-10)9(12)13/h1-3,6H,4-5H2,(H,12,13). The third kappa shape index (κ3) is 1.41. The molecule has 1 aliphatic rings. The maximum absolute atomic E-state index is 12.9. The number of carbonyl (C=O) groups is 1. The molecule has 2 rings (SSSR count). The smallest absolute Gasteiger partial charge is 0.325 e. The van der Waals surface area contributed by atoms with Crippen LogP contribution in [0, 0.1) is 5.82 Å². The van der Waals surface area contributed by atoms with Gasteiger partial charge in [0.05, 0.1) is 4.90 Å². The summed E-state index contributed by atoms with van der Waals surface area (Å²) in [5.41, 5.74) is 0. The number of halogens is 1. The van der Waals surface area contributed by atoms with Crippen LogP contribution >= 0.6 is 0 Å². The molecule has 6 heteroatoms. The van der Waals surface area contributed by atoms with Gasteiger partial charge < -0.3 is 5.11 Å². The van der Waals surface area contributed by atoms with Crippen LogP contribution < -0.4 is 0 Å². The molecule has 0 atom stereocenters. The lowest BCUT2D eigenvalue weighted by Crippen LogP contribution is -2.32. The topological polar surface area (TPSA) is 71.4 Å². The minimum Gasteiger partial charge on any atom is -0.480 e. The highest BCUT2D eigenvalue weighted by atomic mass is 32.2. The molecule has 0 unspecified atom stereocenters. The molecular weight excluding hydrogens is 235 g/mol. The van der Waals surface area contributed by atoms with Gasteiger partial charge >= 0.3 is 5.97 Å². The van der Waals surface area contributed by atoms with E-state index >= 15 is 0 Å². The number of rotatable bonds is 3. The van der Waals surface area contributed by atoms with E-state index in [1.54, 1.807) is 0 Å². The van der Waals surface area contributed by atoms with E-state index in [4.69, 9.17) is 5.11 Å². The predicted octanol–water partition coefficient (Wildman–Crippen LogP) is 1.22. The van der Waals surface area contributed by atoms with Crippen molar-refractivity contribution in [1.29, 1.82) is 0 Å². The molecule has 0 aromatic heterocycles. The van der Waals surface area contributed by atoms with E-state index in [1.807, 2.05) is 0 Å². The molecule has 0 radical (unpaired) electrons. The Kier molecular flexibility index (Phi) is 2.27. The van der Waals surface area contributed by atoms with Crippen LogP contribution in [0.1, 0.15) is 12.8 Å². The Labute approximate surface area is 91.6 Å². The van der Waals surface area contributed by atoms with Gasteiger partial charge in [0.1, 0.15) is 5.82 Å². The highest BCUT2D eigenvalue weighted by Crippen LogP contribution is 2.46. The normalized spacial score (nSPS) is 18.1. The molecular formula is C10H9FO4S. The number of aliphatic carboxylic acids is 1. The van der Waals surface area contributed by atoms with Crippen LogP contribution in [0.2, 0.25) is 0 Å². The lowest BCUT2D eigenvalue weighted by Gasteiger charge is -2.11. The van der Waals surface area contributed by atoms with Gasteiger partial charge in [0.15, 0.2) is 14.6 Å². The van der Waals surface area contributed by atoms with Gasteiger partial charge in [0.2, 0.25) is 0 Å². The van der Waals surface area contributed by atoms with Crippen molar-refractivity contribution in [2.45, 2.75) is 22.5 Å². The predicted molar refractivity (Wildman–Crippen MR) is 53.2 cm³/mol. The lowest BCUT2D eigenvalue weighted by molar-refractivity contribution is -0.137. The van der Waals surface area contributed by atoms with Crippen molar-refractivity contribution in [3.05, 3.63) is 30.1 Å². The Morgan fingerprint density at radius 3 is 2.44 bits per heavy atom. The zero-order chi connectivity index (χ0) is 12.0. The molecule has 1 aromatic carbocycles. The van der Waals surface area contributed by atoms with Gasteiger partial charge in [0, 0.05) is 0 Å². The van der Waals surface area contributed by atoms with Crippen LogP contribution in [0.3, 0.4) is 0 Å². The Hall–Kier alpha value is -1.43. The SMILES string of the molecule is O=C(O)C1(S(=O)(=O)c2cccc(F)c2)CC1. The fourth-order valence-electron chi connectivity index (χ4n) is 1.57. The van der Waals surface area contributed by atoms with Gasteiger partial charge in [-0.05, 0) is 31.0 Å². The summed E-state index contributed by atoms with van der Waals surface area (Å²) >= 11 is 0. The molecule has 0 saturated heterocycles. The summed E-state index contributed by atoms with van der Waals surface area (Å²) < 4.78 is 35.1. The van der Waals surface area contributed by atoms with Gasteiger partial charge in [-0.3, -0.25) is 4.79 Å². The Balaban J connectivity index is 2.52. The summed E-state index contributed by atoms with van der Waals surface area (Å²) in [5, 5.41) is 8.90.